The Kier molecular flexibility index (Phi) is 3.77. The third-order valence-corrected chi connectivity index (χ3v) is 5.01. The van der Waals surface area contributed by atoms with Crippen LogP contribution >= 0.6 is 0 Å². The number of nitrogens with zero attached hydrogens (tertiary/aromatic N) is 2. The molecule has 1 aromatic heterocycles. The first-order valence-electron chi connectivity index (χ1n) is 8.50. The Morgan fingerprint density at radius 1 is 1.04 bits per heavy atom. The quantitative estimate of drug-likeness (QED) is 0.773. The molecule has 3 aromatic rings. The van der Waals surface area contributed by atoms with Crippen molar-refractivity contribution in [2.75, 3.05) is 18.0 Å². The van der Waals surface area contributed by atoms with Gasteiger partial charge >= 0.3 is 0 Å². The molecule has 0 spiro atoms. The molecule has 0 amide bonds. The van der Waals surface area contributed by atoms with Crippen LogP contribution in [0.1, 0.15) is 18.4 Å². The van der Waals surface area contributed by atoms with E-state index in [0.717, 1.165) is 42.7 Å². The second-order valence-electron chi connectivity index (χ2n) is 6.66. The lowest BCUT2D eigenvalue weighted by Crippen LogP contribution is -2.39. The van der Waals surface area contributed by atoms with E-state index in [1.165, 1.54) is 11.8 Å². The minimum atomic E-state index is -0.171. The van der Waals surface area contributed by atoms with Gasteiger partial charge in [-0.2, -0.15) is 0 Å². The summed E-state index contributed by atoms with van der Waals surface area (Å²) in [5.74, 6) is -0.171. The summed E-state index contributed by atoms with van der Waals surface area (Å²) in [5, 5.41) is 0.671. The maximum Gasteiger partial charge on any atom is 0.132 e. The topological polar surface area (TPSA) is 34.2 Å². The fourth-order valence-electron chi connectivity index (χ4n) is 3.61. The van der Waals surface area contributed by atoms with Gasteiger partial charge in [0.25, 0.3) is 0 Å². The molecule has 3 nitrogen and oxygen atoms in total. The van der Waals surface area contributed by atoms with E-state index in [2.05, 4.69) is 33.7 Å². The Morgan fingerprint density at radius 2 is 1.79 bits per heavy atom. The molecule has 24 heavy (non-hydrogen) atoms. The lowest BCUT2D eigenvalue weighted by Gasteiger charge is -2.32. The van der Waals surface area contributed by atoms with Gasteiger partial charge in [0.1, 0.15) is 5.82 Å². The molecule has 0 atom stereocenters. The van der Waals surface area contributed by atoms with E-state index in [1.54, 1.807) is 0 Å². The van der Waals surface area contributed by atoms with Crippen LogP contribution in [0.5, 0.6) is 0 Å². The number of rotatable bonds is 2. The molecule has 124 valence electrons. The smallest absolute Gasteiger partial charge is 0.132 e. The highest BCUT2D eigenvalue weighted by molar-refractivity contribution is 5.85. The van der Waals surface area contributed by atoms with Crippen LogP contribution in [0.2, 0.25) is 0 Å². The van der Waals surface area contributed by atoms with Crippen molar-refractivity contribution in [1.29, 1.82) is 0 Å². The molecule has 0 saturated carbocycles. The number of hydrogen-bond acceptors (Lipinski definition) is 2. The van der Waals surface area contributed by atoms with Crippen LogP contribution in [0, 0.1) is 12.7 Å². The number of nitrogens with two attached hydrogens (primary N) is 1. The van der Waals surface area contributed by atoms with Crippen molar-refractivity contribution in [3.63, 3.8) is 0 Å². The SMILES string of the molecule is Cc1ccc(F)c2ccn(-c3cccc(N4CCC(N)CC4)c3)c12. The first kappa shape index (κ1) is 15.2. The van der Waals surface area contributed by atoms with Crippen LogP contribution in [0.3, 0.4) is 0 Å². The molecule has 0 radical (unpaired) electrons. The number of benzene rings is 2. The van der Waals surface area contributed by atoms with Crippen molar-refractivity contribution in [3.05, 3.63) is 60.0 Å². The summed E-state index contributed by atoms with van der Waals surface area (Å²) >= 11 is 0. The molecule has 0 bridgehead atoms. The fraction of sp³-hybridized carbons (Fsp3) is 0.300. The van der Waals surface area contributed by atoms with E-state index < -0.39 is 0 Å². The molecule has 2 heterocycles. The highest BCUT2D eigenvalue weighted by Crippen LogP contribution is 2.28. The molecule has 1 aliphatic rings. The molecule has 1 aliphatic heterocycles. The first-order chi connectivity index (χ1) is 11.6. The van der Waals surface area contributed by atoms with Gasteiger partial charge in [-0.05, 0) is 55.7 Å². The summed E-state index contributed by atoms with van der Waals surface area (Å²) in [6.07, 6.45) is 4.01. The highest BCUT2D eigenvalue weighted by Gasteiger charge is 2.17. The molecule has 1 fully saturated rings. The normalized spacial score (nSPS) is 16.0. The van der Waals surface area contributed by atoms with E-state index in [-0.39, 0.29) is 5.82 Å². The van der Waals surface area contributed by atoms with Crippen LogP contribution in [0.25, 0.3) is 16.6 Å². The average Bonchev–Trinajstić information content (AvgIpc) is 3.05. The lowest BCUT2D eigenvalue weighted by atomic mass is 10.1. The third-order valence-electron chi connectivity index (χ3n) is 5.01. The van der Waals surface area contributed by atoms with Crippen molar-refractivity contribution in [2.24, 2.45) is 5.73 Å². The van der Waals surface area contributed by atoms with Gasteiger partial charge in [-0.1, -0.05) is 12.1 Å². The maximum absolute atomic E-state index is 14.1. The summed E-state index contributed by atoms with van der Waals surface area (Å²) in [6, 6.07) is 14.0. The Hall–Kier alpha value is -2.33. The van der Waals surface area contributed by atoms with Crippen LogP contribution in [0.4, 0.5) is 10.1 Å². The lowest BCUT2D eigenvalue weighted by molar-refractivity contribution is 0.501. The highest BCUT2D eigenvalue weighted by atomic mass is 19.1. The van der Waals surface area contributed by atoms with E-state index in [9.17, 15) is 4.39 Å². The van der Waals surface area contributed by atoms with Crippen molar-refractivity contribution in [1.82, 2.24) is 4.57 Å². The monoisotopic (exact) mass is 323 g/mol. The molecular weight excluding hydrogens is 301 g/mol. The largest absolute Gasteiger partial charge is 0.371 e. The zero-order valence-corrected chi connectivity index (χ0v) is 13.9. The van der Waals surface area contributed by atoms with Gasteiger partial charge in [0.2, 0.25) is 0 Å². The van der Waals surface area contributed by atoms with Crippen LogP contribution < -0.4 is 10.6 Å². The molecule has 2 aromatic carbocycles. The molecular formula is C20H22FN3. The fourth-order valence-corrected chi connectivity index (χ4v) is 3.61. The van der Waals surface area contributed by atoms with Crippen LogP contribution in [-0.2, 0) is 0 Å². The summed E-state index contributed by atoms with van der Waals surface area (Å²) in [6.45, 7) is 4.00. The number of aryl methyl sites for hydroxylation is 1. The summed E-state index contributed by atoms with van der Waals surface area (Å²) in [7, 11) is 0. The average molecular weight is 323 g/mol. The molecule has 1 saturated heterocycles. The molecule has 0 unspecified atom stereocenters. The minimum Gasteiger partial charge on any atom is -0.371 e. The van der Waals surface area contributed by atoms with E-state index in [1.807, 2.05) is 25.3 Å². The Morgan fingerprint density at radius 3 is 2.58 bits per heavy atom. The number of piperidine rings is 1. The summed E-state index contributed by atoms with van der Waals surface area (Å²) in [4.78, 5) is 2.38. The van der Waals surface area contributed by atoms with E-state index >= 15 is 0 Å². The summed E-state index contributed by atoms with van der Waals surface area (Å²) < 4.78 is 16.1. The number of hydrogen-bond donors (Lipinski definition) is 1. The second-order valence-corrected chi connectivity index (χ2v) is 6.66. The van der Waals surface area contributed by atoms with E-state index in [4.69, 9.17) is 5.73 Å². The van der Waals surface area contributed by atoms with Crippen molar-refractivity contribution < 1.29 is 4.39 Å². The van der Waals surface area contributed by atoms with Gasteiger partial charge < -0.3 is 15.2 Å². The molecule has 4 rings (SSSR count). The predicted octanol–water partition coefficient (Wildman–Crippen LogP) is 4.01. The van der Waals surface area contributed by atoms with Crippen molar-refractivity contribution >= 4 is 16.6 Å². The maximum atomic E-state index is 14.1. The molecule has 4 heteroatoms. The van der Waals surface area contributed by atoms with E-state index in [0.29, 0.717) is 11.4 Å². The zero-order chi connectivity index (χ0) is 16.7. The Balaban J connectivity index is 1.75. The van der Waals surface area contributed by atoms with Gasteiger partial charge in [0, 0.05) is 42.1 Å². The number of anilines is 1. The minimum absolute atomic E-state index is 0.171. The number of halogens is 1. The Labute approximate surface area is 141 Å². The van der Waals surface area contributed by atoms with Crippen LogP contribution in [-0.4, -0.2) is 23.7 Å². The number of fused-ring (bicyclic) bond motifs is 1. The molecule has 0 aliphatic carbocycles. The summed E-state index contributed by atoms with van der Waals surface area (Å²) in [5.41, 5.74) is 10.3. The predicted molar refractivity (Wildman–Crippen MR) is 97.4 cm³/mol. The standard InChI is InChI=1S/C20H22FN3/c1-14-5-6-19(21)18-9-12-24(20(14)18)17-4-2-3-16(13-17)23-10-7-15(22)8-11-23/h2-6,9,12-13,15H,7-8,10-11,22H2,1H3. The van der Waals surface area contributed by atoms with Crippen molar-refractivity contribution in [2.45, 2.75) is 25.8 Å². The van der Waals surface area contributed by atoms with Gasteiger partial charge in [-0.3, -0.25) is 0 Å². The number of aromatic nitrogens is 1. The third kappa shape index (κ3) is 2.57. The van der Waals surface area contributed by atoms with Gasteiger partial charge in [0.15, 0.2) is 0 Å². The zero-order valence-electron chi connectivity index (χ0n) is 13.9. The van der Waals surface area contributed by atoms with Gasteiger partial charge in [-0.25, -0.2) is 4.39 Å². The Bertz CT molecular complexity index is 876. The van der Waals surface area contributed by atoms with Gasteiger partial charge in [0.05, 0.1) is 5.52 Å². The van der Waals surface area contributed by atoms with Crippen molar-refractivity contribution in [3.8, 4) is 5.69 Å². The molecule has 2 N–H and O–H groups in total. The van der Waals surface area contributed by atoms with Gasteiger partial charge in [-0.15, -0.1) is 0 Å². The first-order valence-corrected chi connectivity index (χ1v) is 8.50. The van der Waals surface area contributed by atoms with Crippen LogP contribution in [0.15, 0.2) is 48.7 Å². The second kappa shape index (κ2) is 5.95.